The third kappa shape index (κ3) is 2.94. The molecule has 1 N–H and O–H groups in total. The number of phenols is 1. The van der Waals surface area contributed by atoms with Crippen molar-refractivity contribution in [3.05, 3.63) is 54.1 Å². The second-order valence-electron chi connectivity index (χ2n) is 4.13. The first-order valence-corrected chi connectivity index (χ1v) is 5.53. The van der Waals surface area contributed by atoms with Gasteiger partial charge in [-0.05, 0) is 35.7 Å². The number of phenolic OH excluding ortho intramolecular Hbond substituents is 1. The monoisotopic (exact) mass is 226 g/mol. The van der Waals surface area contributed by atoms with E-state index in [1.54, 1.807) is 19.1 Å². The van der Waals surface area contributed by atoms with Crippen LogP contribution in [0.2, 0.25) is 0 Å². The minimum atomic E-state index is 0.162. The topological polar surface area (TPSA) is 37.3 Å². The summed E-state index contributed by atoms with van der Waals surface area (Å²) >= 11 is 0. The molecule has 0 radical (unpaired) electrons. The molecule has 2 nitrogen and oxygen atoms in total. The largest absolute Gasteiger partial charge is 0.508 e. The average Bonchev–Trinajstić information content (AvgIpc) is 2.29. The summed E-state index contributed by atoms with van der Waals surface area (Å²) < 4.78 is 0. The third-order valence-corrected chi connectivity index (χ3v) is 2.59. The molecule has 0 fully saturated rings. The summed E-state index contributed by atoms with van der Waals surface area (Å²) in [4.78, 5) is 11.0. The van der Waals surface area contributed by atoms with Gasteiger partial charge in [-0.15, -0.1) is 0 Å². The molecule has 0 saturated heterocycles. The zero-order valence-electron chi connectivity index (χ0n) is 9.68. The molecule has 2 aromatic carbocycles. The second-order valence-corrected chi connectivity index (χ2v) is 4.13. The van der Waals surface area contributed by atoms with Crippen LogP contribution >= 0.6 is 0 Å². The van der Waals surface area contributed by atoms with Crippen molar-refractivity contribution < 1.29 is 9.90 Å². The van der Waals surface area contributed by atoms with Crippen LogP contribution in [0.1, 0.15) is 12.5 Å². The predicted octanol–water partition coefficient (Wildman–Crippen LogP) is 3.19. The van der Waals surface area contributed by atoms with E-state index in [0.29, 0.717) is 6.42 Å². The molecular weight excluding hydrogens is 212 g/mol. The lowest BCUT2D eigenvalue weighted by molar-refractivity contribution is -0.116. The molecule has 2 rings (SSSR count). The van der Waals surface area contributed by atoms with E-state index in [2.05, 4.69) is 0 Å². The van der Waals surface area contributed by atoms with Crippen LogP contribution in [0, 0.1) is 0 Å². The Morgan fingerprint density at radius 2 is 1.76 bits per heavy atom. The van der Waals surface area contributed by atoms with Gasteiger partial charge in [0, 0.05) is 6.42 Å². The Kier molecular flexibility index (Phi) is 3.24. The molecule has 2 aromatic rings. The molecule has 17 heavy (non-hydrogen) atoms. The summed E-state index contributed by atoms with van der Waals surface area (Å²) in [5.41, 5.74) is 3.02. The maximum Gasteiger partial charge on any atom is 0.134 e. The molecule has 0 saturated carbocycles. The number of aromatic hydroxyl groups is 1. The van der Waals surface area contributed by atoms with Crippen molar-refractivity contribution in [3.8, 4) is 16.9 Å². The van der Waals surface area contributed by atoms with Crippen LogP contribution < -0.4 is 0 Å². The van der Waals surface area contributed by atoms with E-state index in [1.807, 2.05) is 36.4 Å². The first kappa shape index (κ1) is 11.4. The second kappa shape index (κ2) is 4.83. The van der Waals surface area contributed by atoms with Crippen LogP contribution in [-0.4, -0.2) is 10.9 Å². The number of Topliss-reactive ketones (excluding diaryl/α,β-unsaturated/α-hetero) is 1. The number of rotatable bonds is 3. The van der Waals surface area contributed by atoms with Crippen molar-refractivity contribution in [2.75, 3.05) is 0 Å². The van der Waals surface area contributed by atoms with Crippen molar-refractivity contribution in [2.24, 2.45) is 0 Å². The van der Waals surface area contributed by atoms with Gasteiger partial charge in [0.15, 0.2) is 0 Å². The smallest absolute Gasteiger partial charge is 0.134 e. The van der Waals surface area contributed by atoms with Crippen molar-refractivity contribution in [2.45, 2.75) is 13.3 Å². The average molecular weight is 226 g/mol. The lowest BCUT2D eigenvalue weighted by Crippen LogP contribution is -1.95. The van der Waals surface area contributed by atoms with Gasteiger partial charge in [-0.1, -0.05) is 36.4 Å². The maximum atomic E-state index is 11.0. The first-order valence-electron chi connectivity index (χ1n) is 5.53. The van der Waals surface area contributed by atoms with Crippen molar-refractivity contribution in [1.29, 1.82) is 0 Å². The summed E-state index contributed by atoms with van der Waals surface area (Å²) in [5.74, 6) is 0.422. The van der Waals surface area contributed by atoms with Crippen molar-refractivity contribution in [3.63, 3.8) is 0 Å². The van der Waals surface area contributed by atoms with E-state index in [9.17, 15) is 9.90 Å². The normalized spacial score (nSPS) is 10.2. The van der Waals surface area contributed by atoms with Gasteiger partial charge in [0.1, 0.15) is 11.5 Å². The van der Waals surface area contributed by atoms with Gasteiger partial charge in [0.25, 0.3) is 0 Å². The van der Waals surface area contributed by atoms with Gasteiger partial charge in [0.05, 0.1) is 0 Å². The molecule has 0 amide bonds. The summed E-state index contributed by atoms with van der Waals surface area (Å²) in [6, 6.07) is 14.9. The van der Waals surface area contributed by atoms with Gasteiger partial charge >= 0.3 is 0 Å². The summed E-state index contributed by atoms with van der Waals surface area (Å²) in [5, 5.41) is 9.40. The number of hydrogen-bond acceptors (Lipinski definition) is 2. The Hall–Kier alpha value is -2.09. The molecule has 0 heterocycles. The highest BCUT2D eigenvalue weighted by atomic mass is 16.3. The Morgan fingerprint density at radius 3 is 2.35 bits per heavy atom. The molecule has 0 aliphatic carbocycles. The quantitative estimate of drug-likeness (QED) is 0.872. The van der Waals surface area contributed by atoms with Crippen LogP contribution in [0.4, 0.5) is 0 Å². The van der Waals surface area contributed by atoms with E-state index in [-0.39, 0.29) is 11.5 Å². The highest BCUT2D eigenvalue weighted by Gasteiger charge is 2.00. The summed E-state index contributed by atoms with van der Waals surface area (Å²) in [6.45, 7) is 1.59. The fourth-order valence-electron chi connectivity index (χ4n) is 1.79. The number of hydrogen-bond donors (Lipinski definition) is 1. The first-order chi connectivity index (χ1) is 8.15. The highest BCUT2D eigenvalue weighted by molar-refractivity contribution is 5.78. The van der Waals surface area contributed by atoms with E-state index in [4.69, 9.17) is 0 Å². The third-order valence-electron chi connectivity index (χ3n) is 2.59. The Bertz CT molecular complexity index is 527. The standard InChI is InChI=1S/C15H14O2/c1-11(16)9-12-5-7-13(8-6-12)14-3-2-4-15(17)10-14/h2-8,10,17H,9H2,1H3. The van der Waals surface area contributed by atoms with Crippen molar-refractivity contribution >= 4 is 5.78 Å². The van der Waals surface area contributed by atoms with E-state index in [1.165, 1.54) is 0 Å². The lowest BCUT2D eigenvalue weighted by atomic mass is 10.0. The van der Waals surface area contributed by atoms with Crippen LogP contribution in [0.3, 0.4) is 0 Å². The number of carbonyl (C=O) groups is 1. The van der Waals surface area contributed by atoms with Gasteiger partial charge in [-0.25, -0.2) is 0 Å². The van der Waals surface area contributed by atoms with Crippen LogP contribution in [-0.2, 0) is 11.2 Å². The zero-order valence-corrected chi connectivity index (χ0v) is 9.68. The number of benzene rings is 2. The van der Waals surface area contributed by atoms with Crippen LogP contribution in [0.5, 0.6) is 5.75 Å². The number of ketones is 1. The molecule has 0 unspecified atom stereocenters. The van der Waals surface area contributed by atoms with E-state index in [0.717, 1.165) is 16.7 Å². The summed E-state index contributed by atoms with van der Waals surface area (Å²) in [7, 11) is 0. The molecule has 86 valence electrons. The Labute approximate surface area is 101 Å². The van der Waals surface area contributed by atoms with Gasteiger partial charge < -0.3 is 5.11 Å². The summed E-state index contributed by atoms with van der Waals surface area (Å²) in [6.07, 6.45) is 0.473. The van der Waals surface area contributed by atoms with Crippen molar-refractivity contribution in [1.82, 2.24) is 0 Å². The molecule has 0 bridgehead atoms. The van der Waals surface area contributed by atoms with Gasteiger partial charge in [-0.2, -0.15) is 0 Å². The fourth-order valence-corrected chi connectivity index (χ4v) is 1.79. The SMILES string of the molecule is CC(=O)Cc1ccc(-c2cccc(O)c2)cc1. The molecule has 0 spiro atoms. The van der Waals surface area contributed by atoms with Crippen LogP contribution in [0.15, 0.2) is 48.5 Å². The molecule has 0 aliphatic rings. The van der Waals surface area contributed by atoms with Gasteiger partial charge in [0.2, 0.25) is 0 Å². The molecule has 0 atom stereocenters. The van der Waals surface area contributed by atoms with E-state index >= 15 is 0 Å². The maximum absolute atomic E-state index is 11.0. The lowest BCUT2D eigenvalue weighted by Gasteiger charge is -2.04. The van der Waals surface area contributed by atoms with Gasteiger partial charge in [-0.3, -0.25) is 4.79 Å². The minimum absolute atomic E-state index is 0.162. The number of carbonyl (C=O) groups excluding carboxylic acids is 1. The predicted molar refractivity (Wildman–Crippen MR) is 67.9 cm³/mol. The zero-order chi connectivity index (χ0) is 12.3. The Morgan fingerprint density at radius 1 is 1.06 bits per heavy atom. The molecular formula is C15H14O2. The minimum Gasteiger partial charge on any atom is -0.508 e. The van der Waals surface area contributed by atoms with E-state index < -0.39 is 0 Å². The highest BCUT2D eigenvalue weighted by Crippen LogP contribution is 2.23. The van der Waals surface area contributed by atoms with Crippen LogP contribution in [0.25, 0.3) is 11.1 Å². The Balaban J connectivity index is 2.26. The fraction of sp³-hybridized carbons (Fsp3) is 0.133. The molecule has 0 aliphatic heterocycles. The molecule has 0 aromatic heterocycles. The molecule has 2 heteroatoms.